The van der Waals surface area contributed by atoms with Crippen molar-refractivity contribution < 1.29 is 4.79 Å². The Kier molecular flexibility index (Phi) is 3.68. The maximum atomic E-state index is 12.4. The highest BCUT2D eigenvalue weighted by atomic mass is 32.1. The Balaban J connectivity index is 1.74. The van der Waals surface area contributed by atoms with Crippen LogP contribution in [0.1, 0.15) is 36.8 Å². The van der Waals surface area contributed by atoms with Crippen molar-refractivity contribution in [3.63, 3.8) is 0 Å². The lowest BCUT2D eigenvalue weighted by Crippen LogP contribution is -2.41. The minimum Gasteiger partial charge on any atom is -0.347 e. The minimum absolute atomic E-state index is 0.0350. The molecule has 2 aromatic rings. The van der Waals surface area contributed by atoms with Gasteiger partial charge in [-0.1, -0.05) is 0 Å². The Hall–Kier alpha value is -1.89. The van der Waals surface area contributed by atoms with Crippen molar-refractivity contribution in [1.82, 2.24) is 19.2 Å². The van der Waals surface area contributed by atoms with Crippen LogP contribution in [0, 0.1) is 6.92 Å². The number of carbonyl (C=O) groups is 1. The van der Waals surface area contributed by atoms with E-state index in [1.807, 2.05) is 17.9 Å². The van der Waals surface area contributed by atoms with Crippen LogP contribution in [-0.4, -0.2) is 31.8 Å². The van der Waals surface area contributed by atoms with Crippen molar-refractivity contribution in [3.8, 4) is 0 Å². The number of nitrogens with one attached hydrogen (secondary N) is 2. The second kappa shape index (κ2) is 5.62. The predicted molar refractivity (Wildman–Crippen MR) is 77.8 cm³/mol. The molecule has 0 unspecified atom stereocenters. The van der Waals surface area contributed by atoms with E-state index >= 15 is 0 Å². The lowest BCUT2D eigenvalue weighted by molar-refractivity contribution is 0.160. The number of rotatable bonds is 2. The summed E-state index contributed by atoms with van der Waals surface area (Å²) in [5.74, 6) is 0.861. The Morgan fingerprint density at radius 1 is 1.55 bits per heavy atom. The minimum atomic E-state index is -0.0743. The highest BCUT2D eigenvalue weighted by Gasteiger charge is 2.29. The molecule has 3 rings (SSSR count). The Labute approximate surface area is 121 Å². The standard InChI is InChI=1S/C13H17N5OS/c1-9-8-11(20-17-9)16-13(19)18-7-3-2-4-10(18)12-14-5-6-15-12/h5-6,8,10H,2-4,7H2,1H3,(H,14,15)(H,16,19)/t10-/m1/s1. The summed E-state index contributed by atoms with van der Waals surface area (Å²) < 4.78 is 4.17. The first kappa shape index (κ1) is 13.1. The molecule has 2 aromatic heterocycles. The Morgan fingerprint density at radius 2 is 2.45 bits per heavy atom. The van der Waals surface area contributed by atoms with Gasteiger partial charge in [-0.25, -0.2) is 9.78 Å². The zero-order valence-corrected chi connectivity index (χ0v) is 12.1. The summed E-state index contributed by atoms with van der Waals surface area (Å²) in [4.78, 5) is 21.7. The molecule has 1 saturated heterocycles. The summed E-state index contributed by atoms with van der Waals surface area (Å²) in [6, 6.07) is 1.84. The molecule has 0 radical (unpaired) electrons. The summed E-state index contributed by atoms with van der Waals surface area (Å²) in [5.41, 5.74) is 0.923. The summed E-state index contributed by atoms with van der Waals surface area (Å²) in [5, 5.41) is 3.71. The number of likely N-dealkylation sites (tertiary alicyclic amines) is 1. The first-order chi connectivity index (χ1) is 9.74. The van der Waals surface area contributed by atoms with Crippen LogP contribution < -0.4 is 5.32 Å². The smallest absolute Gasteiger partial charge is 0.323 e. The van der Waals surface area contributed by atoms with Crippen molar-refractivity contribution in [1.29, 1.82) is 0 Å². The van der Waals surface area contributed by atoms with E-state index in [4.69, 9.17) is 0 Å². The third-order valence-corrected chi connectivity index (χ3v) is 4.25. The van der Waals surface area contributed by atoms with Gasteiger partial charge in [0.05, 0.1) is 11.7 Å². The van der Waals surface area contributed by atoms with Crippen LogP contribution in [0.5, 0.6) is 0 Å². The normalized spacial score (nSPS) is 19.1. The third kappa shape index (κ3) is 2.67. The van der Waals surface area contributed by atoms with E-state index < -0.39 is 0 Å². The maximum absolute atomic E-state index is 12.4. The van der Waals surface area contributed by atoms with Gasteiger partial charge in [-0.2, -0.15) is 4.37 Å². The van der Waals surface area contributed by atoms with Crippen molar-refractivity contribution in [2.45, 2.75) is 32.2 Å². The number of urea groups is 1. The van der Waals surface area contributed by atoms with Crippen LogP contribution in [0.25, 0.3) is 0 Å². The number of imidazole rings is 1. The number of amides is 2. The number of hydrogen-bond acceptors (Lipinski definition) is 4. The van der Waals surface area contributed by atoms with E-state index in [2.05, 4.69) is 19.7 Å². The molecule has 1 aliphatic heterocycles. The average Bonchev–Trinajstić information content (AvgIpc) is 3.10. The monoisotopic (exact) mass is 291 g/mol. The van der Waals surface area contributed by atoms with E-state index in [1.165, 1.54) is 11.5 Å². The predicted octanol–water partition coefficient (Wildman–Crippen LogP) is 2.93. The maximum Gasteiger partial charge on any atom is 0.323 e. The van der Waals surface area contributed by atoms with Gasteiger partial charge in [0.1, 0.15) is 10.8 Å². The number of anilines is 1. The molecular formula is C13H17N5OS. The lowest BCUT2D eigenvalue weighted by Gasteiger charge is -2.34. The molecule has 1 fully saturated rings. The topological polar surface area (TPSA) is 73.9 Å². The lowest BCUT2D eigenvalue weighted by atomic mass is 10.0. The fourth-order valence-corrected chi connectivity index (χ4v) is 3.17. The molecule has 7 heteroatoms. The first-order valence-corrected chi connectivity index (χ1v) is 7.51. The van der Waals surface area contributed by atoms with Crippen molar-refractivity contribution in [3.05, 3.63) is 30.0 Å². The van der Waals surface area contributed by atoms with Crippen molar-refractivity contribution in [2.24, 2.45) is 0 Å². The fraction of sp³-hybridized carbons (Fsp3) is 0.462. The zero-order valence-electron chi connectivity index (χ0n) is 11.3. The van der Waals surface area contributed by atoms with Crippen LogP contribution in [0.3, 0.4) is 0 Å². The number of aromatic amines is 1. The molecule has 3 heterocycles. The van der Waals surface area contributed by atoms with Gasteiger partial charge in [0.2, 0.25) is 0 Å². The van der Waals surface area contributed by atoms with Crippen LogP contribution in [-0.2, 0) is 0 Å². The van der Waals surface area contributed by atoms with Gasteiger partial charge in [-0.3, -0.25) is 5.32 Å². The SMILES string of the molecule is Cc1cc(NC(=O)N2CCCC[C@@H]2c2ncc[nH]2)sn1. The van der Waals surface area contributed by atoms with Gasteiger partial charge in [0, 0.05) is 18.9 Å². The quantitative estimate of drug-likeness (QED) is 0.893. The molecule has 1 atom stereocenters. The highest BCUT2D eigenvalue weighted by molar-refractivity contribution is 7.10. The van der Waals surface area contributed by atoms with Gasteiger partial charge >= 0.3 is 6.03 Å². The zero-order chi connectivity index (χ0) is 13.9. The highest BCUT2D eigenvalue weighted by Crippen LogP contribution is 2.29. The molecule has 0 aliphatic carbocycles. The molecule has 0 bridgehead atoms. The number of H-pyrrole nitrogens is 1. The summed E-state index contributed by atoms with van der Waals surface area (Å²) in [6.45, 7) is 2.67. The Bertz CT molecular complexity index is 579. The first-order valence-electron chi connectivity index (χ1n) is 6.74. The van der Waals surface area contributed by atoms with E-state index in [9.17, 15) is 4.79 Å². The van der Waals surface area contributed by atoms with Gasteiger partial charge < -0.3 is 9.88 Å². The van der Waals surface area contributed by atoms with Crippen LogP contribution in [0.4, 0.5) is 9.80 Å². The Morgan fingerprint density at radius 3 is 3.15 bits per heavy atom. The van der Waals surface area contributed by atoms with E-state index in [-0.39, 0.29) is 12.1 Å². The van der Waals surface area contributed by atoms with Crippen molar-refractivity contribution >= 4 is 22.6 Å². The van der Waals surface area contributed by atoms with Crippen LogP contribution >= 0.6 is 11.5 Å². The van der Waals surface area contributed by atoms with Crippen LogP contribution in [0.2, 0.25) is 0 Å². The molecule has 6 nitrogen and oxygen atoms in total. The van der Waals surface area contributed by atoms with E-state index in [0.717, 1.165) is 42.3 Å². The molecule has 2 amide bonds. The molecular weight excluding hydrogens is 274 g/mol. The van der Waals surface area contributed by atoms with E-state index in [0.29, 0.717) is 0 Å². The molecule has 2 N–H and O–H groups in total. The summed E-state index contributed by atoms with van der Waals surface area (Å²) in [6.07, 6.45) is 6.63. The summed E-state index contributed by atoms with van der Waals surface area (Å²) >= 11 is 1.31. The molecule has 0 aromatic carbocycles. The number of aromatic nitrogens is 3. The summed E-state index contributed by atoms with van der Waals surface area (Å²) in [7, 11) is 0. The molecule has 0 saturated carbocycles. The number of hydrogen-bond donors (Lipinski definition) is 2. The third-order valence-electron chi connectivity index (χ3n) is 3.46. The average molecular weight is 291 g/mol. The number of aryl methyl sites for hydroxylation is 1. The van der Waals surface area contributed by atoms with Gasteiger partial charge in [0.15, 0.2) is 0 Å². The van der Waals surface area contributed by atoms with Gasteiger partial charge in [-0.05, 0) is 43.8 Å². The molecule has 20 heavy (non-hydrogen) atoms. The second-order valence-electron chi connectivity index (χ2n) is 4.94. The van der Waals surface area contributed by atoms with Crippen LogP contribution in [0.15, 0.2) is 18.5 Å². The molecule has 1 aliphatic rings. The molecule has 0 spiro atoms. The number of nitrogens with zero attached hydrogens (tertiary/aromatic N) is 3. The van der Waals surface area contributed by atoms with Gasteiger partial charge in [0.25, 0.3) is 0 Å². The number of carbonyl (C=O) groups excluding carboxylic acids is 1. The largest absolute Gasteiger partial charge is 0.347 e. The fourth-order valence-electron chi connectivity index (χ4n) is 2.52. The molecule has 106 valence electrons. The van der Waals surface area contributed by atoms with Gasteiger partial charge in [-0.15, -0.1) is 0 Å². The number of piperidine rings is 1. The van der Waals surface area contributed by atoms with E-state index in [1.54, 1.807) is 12.4 Å². The van der Waals surface area contributed by atoms with Crippen molar-refractivity contribution in [2.75, 3.05) is 11.9 Å². The second-order valence-corrected chi connectivity index (χ2v) is 5.75.